The van der Waals surface area contributed by atoms with Crippen LogP contribution >= 0.6 is 0 Å². The number of hydrogen-bond donors (Lipinski definition) is 1. The number of hydrogen-bond acceptors (Lipinski definition) is 3. The fraction of sp³-hybridized carbons (Fsp3) is 1.00. The summed E-state index contributed by atoms with van der Waals surface area (Å²) >= 11 is 0. The Hall–Kier alpha value is -0.120. The molecular weight excluding hydrogens is 214 g/mol. The van der Waals surface area contributed by atoms with E-state index in [-0.39, 0.29) is 12.0 Å². The summed E-state index contributed by atoms with van der Waals surface area (Å²) in [6.07, 6.45) is 3.66. The minimum atomic E-state index is 0.0324. The van der Waals surface area contributed by atoms with Crippen molar-refractivity contribution >= 4 is 0 Å². The molecule has 0 aromatic carbocycles. The zero-order valence-electron chi connectivity index (χ0n) is 11.3. The second-order valence-corrected chi connectivity index (χ2v) is 6.32. The molecule has 100 valence electrons. The van der Waals surface area contributed by atoms with Gasteiger partial charge in [-0.2, -0.15) is 0 Å². The standard InChI is InChI=1S/C14H27NO2/c1-12(2)13-3-6-15(7-4-13)9-14(10-16)5-8-17-11-14/h12-13,16H,3-11H2,1-2H3. The first-order valence-electron chi connectivity index (χ1n) is 7.06. The van der Waals surface area contributed by atoms with Crippen LogP contribution in [-0.2, 0) is 4.74 Å². The third kappa shape index (κ3) is 3.21. The second-order valence-electron chi connectivity index (χ2n) is 6.32. The van der Waals surface area contributed by atoms with E-state index in [0.29, 0.717) is 0 Å². The normalized spacial score (nSPS) is 32.5. The van der Waals surface area contributed by atoms with Crippen LogP contribution in [0.5, 0.6) is 0 Å². The van der Waals surface area contributed by atoms with E-state index in [1.54, 1.807) is 0 Å². The number of nitrogens with zero attached hydrogens (tertiary/aromatic N) is 1. The molecule has 2 fully saturated rings. The first-order valence-corrected chi connectivity index (χ1v) is 7.06. The van der Waals surface area contributed by atoms with Crippen molar-refractivity contribution in [3.8, 4) is 0 Å². The molecule has 0 amide bonds. The highest BCUT2D eigenvalue weighted by molar-refractivity contribution is 4.87. The van der Waals surface area contributed by atoms with Gasteiger partial charge in [0.15, 0.2) is 0 Å². The summed E-state index contributed by atoms with van der Waals surface area (Å²) in [6.45, 7) is 9.93. The van der Waals surface area contributed by atoms with Crippen molar-refractivity contribution in [3.05, 3.63) is 0 Å². The highest BCUT2D eigenvalue weighted by Crippen LogP contribution is 2.31. The molecule has 0 aliphatic carbocycles. The highest BCUT2D eigenvalue weighted by atomic mass is 16.5. The molecule has 2 aliphatic heterocycles. The van der Waals surface area contributed by atoms with E-state index in [2.05, 4.69) is 18.7 Å². The fourth-order valence-corrected chi connectivity index (χ4v) is 3.20. The van der Waals surface area contributed by atoms with Crippen LogP contribution in [-0.4, -0.2) is 49.5 Å². The molecule has 0 spiro atoms. The molecule has 1 unspecified atom stereocenters. The predicted octanol–water partition coefficient (Wildman–Crippen LogP) is 1.75. The van der Waals surface area contributed by atoms with Gasteiger partial charge in [0, 0.05) is 18.6 Å². The molecule has 3 heteroatoms. The molecule has 2 aliphatic rings. The number of aliphatic hydroxyl groups excluding tert-OH is 1. The molecule has 3 nitrogen and oxygen atoms in total. The largest absolute Gasteiger partial charge is 0.396 e. The average molecular weight is 241 g/mol. The SMILES string of the molecule is CC(C)C1CCN(CC2(CO)CCOC2)CC1. The monoisotopic (exact) mass is 241 g/mol. The van der Waals surface area contributed by atoms with Gasteiger partial charge in [0.05, 0.1) is 13.2 Å². The van der Waals surface area contributed by atoms with Crippen LogP contribution in [0, 0.1) is 17.3 Å². The molecule has 1 N–H and O–H groups in total. The maximum Gasteiger partial charge on any atom is 0.0557 e. The first-order chi connectivity index (χ1) is 8.15. The van der Waals surface area contributed by atoms with Gasteiger partial charge in [-0.15, -0.1) is 0 Å². The van der Waals surface area contributed by atoms with Crippen molar-refractivity contribution in [3.63, 3.8) is 0 Å². The van der Waals surface area contributed by atoms with Crippen LogP contribution in [0.1, 0.15) is 33.1 Å². The van der Waals surface area contributed by atoms with E-state index >= 15 is 0 Å². The second kappa shape index (κ2) is 5.68. The van der Waals surface area contributed by atoms with Crippen molar-refractivity contribution in [1.82, 2.24) is 4.90 Å². The van der Waals surface area contributed by atoms with Gasteiger partial charge in [0.2, 0.25) is 0 Å². The molecule has 17 heavy (non-hydrogen) atoms. The Labute approximate surface area is 105 Å². The van der Waals surface area contributed by atoms with Gasteiger partial charge in [0.1, 0.15) is 0 Å². The number of rotatable bonds is 4. The van der Waals surface area contributed by atoms with Gasteiger partial charge in [0.25, 0.3) is 0 Å². The average Bonchev–Trinajstić information content (AvgIpc) is 2.79. The maximum absolute atomic E-state index is 9.58. The quantitative estimate of drug-likeness (QED) is 0.814. The van der Waals surface area contributed by atoms with E-state index in [4.69, 9.17) is 4.74 Å². The zero-order valence-corrected chi connectivity index (χ0v) is 11.3. The smallest absolute Gasteiger partial charge is 0.0557 e. The Morgan fingerprint density at radius 2 is 2.06 bits per heavy atom. The van der Waals surface area contributed by atoms with Crippen LogP contribution < -0.4 is 0 Å². The number of ether oxygens (including phenoxy) is 1. The minimum absolute atomic E-state index is 0.0324. The summed E-state index contributed by atoms with van der Waals surface area (Å²) in [5, 5.41) is 9.58. The first kappa shape index (κ1) is 13.3. The van der Waals surface area contributed by atoms with E-state index < -0.39 is 0 Å². The number of aliphatic hydroxyl groups is 1. The van der Waals surface area contributed by atoms with E-state index in [9.17, 15) is 5.11 Å². The van der Waals surface area contributed by atoms with Crippen molar-refractivity contribution in [2.45, 2.75) is 33.1 Å². The van der Waals surface area contributed by atoms with E-state index in [1.165, 1.54) is 25.9 Å². The Morgan fingerprint density at radius 1 is 1.35 bits per heavy atom. The van der Waals surface area contributed by atoms with Gasteiger partial charge in [-0.1, -0.05) is 13.8 Å². The zero-order chi connectivity index (χ0) is 12.3. The summed E-state index contributed by atoms with van der Waals surface area (Å²) in [6, 6.07) is 0. The third-order valence-electron chi connectivity index (χ3n) is 4.65. The van der Waals surface area contributed by atoms with Gasteiger partial charge < -0.3 is 14.7 Å². The molecule has 0 radical (unpaired) electrons. The lowest BCUT2D eigenvalue weighted by atomic mass is 9.84. The lowest BCUT2D eigenvalue weighted by Crippen LogP contribution is -2.44. The van der Waals surface area contributed by atoms with Crippen LogP contribution in [0.15, 0.2) is 0 Å². The van der Waals surface area contributed by atoms with Crippen molar-refractivity contribution in [1.29, 1.82) is 0 Å². The summed E-state index contributed by atoms with van der Waals surface area (Å²) in [5.74, 6) is 1.72. The summed E-state index contributed by atoms with van der Waals surface area (Å²) in [5.41, 5.74) is 0.0324. The van der Waals surface area contributed by atoms with E-state index in [1.807, 2.05) is 0 Å². The van der Waals surface area contributed by atoms with Crippen molar-refractivity contribution in [2.24, 2.45) is 17.3 Å². The molecule has 2 saturated heterocycles. The van der Waals surface area contributed by atoms with Crippen LogP contribution in [0.4, 0.5) is 0 Å². The predicted molar refractivity (Wildman–Crippen MR) is 69.0 cm³/mol. The third-order valence-corrected chi connectivity index (χ3v) is 4.65. The lowest BCUT2D eigenvalue weighted by molar-refractivity contribution is 0.0408. The fourth-order valence-electron chi connectivity index (χ4n) is 3.20. The Kier molecular flexibility index (Phi) is 4.45. The van der Waals surface area contributed by atoms with Crippen molar-refractivity contribution in [2.75, 3.05) is 39.5 Å². The molecule has 0 bridgehead atoms. The summed E-state index contributed by atoms with van der Waals surface area (Å²) in [7, 11) is 0. The van der Waals surface area contributed by atoms with Gasteiger partial charge in [-0.25, -0.2) is 0 Å². The van der Waals surface area contributed by atoms with Gasteiger partial charge in [-0.05, 0) is 44.2 Å². The lowest BCUT2D eigenvalue weighted by Gasteiger charge is -2.38. The molecule has 1 atom stereocenters. The number of likely N-dealkylation sites (tertiary alicyclic amines) is 1. The van der Waals surface area contributed by atoms with Gasteiger partial charge in [-0.3, -0.25) is 0 Å². The molecule has 0 aromatic rings. The van der Waals surface area contributed by atoms with Crippen molar-refractivity contribution < 1.29 is 9.84 Å². The number of piperidine rings is 1. The maximum atomic E-state index is 9.58. The molecule has 0 saturated carbocycles. The molecule has 2 rings (SSSR count). The Bertz CT molecular complexity index is 228. The van der Waals surface area contributed by atoms with Crippen LogP contribution in [0.3, 0.4) is 0 Å². The minimum Gasteiger partial charge on any atom is -0.396 e. The highest BCUT2D eigenvalue weighted by Gasteiger charge is 2.37. The summed E-state index contributed by atoms with van der Waals surface area (Å²) < 4.78 is 5.47. The van der Waals surface area contributed by atoms with Gasteiger partial charge >= 0.3 is 0 Å². The van der Waals surface area contributed by atoms with Crippen LogP contribution in [0.25, 0.3) is 0 Å². The summed E-state index contributed by atoms with van der Waals surface area (Å²) in [4.78, 5) is 2.53. The Balaban J connectivity index is 1.81. The van der Waals surface area contributed by atoms with Crippen LogP contribution in [0.2, 0.25) is 0 Å². The molecule has 2 heterocycles. The van der Waals surface area contributed by atoms with E-state index in [0.717, 1.165) is 38.0 Å². The Morgan fingerprint density at radius 3 is 2.53 bits per heavy atom. The molecule has 0 aromatic heterocycles. The topological polar surface area (TPSA) is 32.7 Å². The molecular formula is C14H27NO2.